The van der Waals surface area contributed by atoms with E-state index in [1.165, 1.54) is 0 Å². The summed E-state index contributed by atoms with van der Waals surface area (Å²) in [7, 11) is 0. The zero-order valence-electron chi connectivity index (χ0n) is 13.1. The molecule has 2 amide bonds. The molecule has 0 radical (unpaired) electrons. The molecule has 0 spiro atoms. The normalized spacial score (nSPS) is 17.8. The number of aliphatic hydroxyl groups excluding tert-OH is 1. The molecule has 1 saturated heterocycles. The van der Waals surface area contributed by atoms with Crippen molar-refractivity contribution in [3.05, 3.63) is 35.2 Å². The lowest BCUT2D eigenvalue weighted by Gasteiger charge is -2.34. The Morgan fingerprint density at radius 2 is 2.25 bits per heavy atom. The van der Waals surface area contributed by atoms with Gasteiger partial charge in [-0.05, 0) is 31.4 Å². The third kappa shape index (κ3) is 3.68. The van der Waals surface area contributed by atoms with E-state index in [9.17, 15) is 9.90 Å². The fraction of sp³-hybridized carbons (Fsp3) is 0.438. The van der Waals surface area contributed by atoms with Gasteiger partial charge in [0.1, 0.15) is 0 Å². The molecular formula is C16H19ClN4O3. The number of rotatable bonds is 4. The molecule has 2 N–H and O–H groups in total. The monoisotopic (exact) mass is 350 g/mol. The molecule has 1 aliphatic heterocycles. The highest BCUT2D eigenvalue weighted by molar-refractivity contribution is 6.33. The van der Waals surface area contributed by atoms with Crippen LogP contribution in [-0.4, -0.2) is 45.4 Å². The second-order valence-corrected chi connectivity index (χ2v) is 6.08. The van der Waals surface area contributed by atoms with Gasteiger partial charge in [0.15, 0.2) is 0 Å². The first-order valence-electron chi connectivity index (χ1n) is 7.92. The van der Waals surface area contributed by atoms with E-state index in [0.717, 1.165) is 19.3 Å². The van der Waals surface area contributed by atoms with Crippen LogP contribution in [0, 0.1) is 0 Å². The van der Waals surface area contributed by atoms with Crippen molar-refractivity contribution in [3.63, 3.8) is 0 Å². The van der Waals surface area contributed by atoms with Crippen molar-refractivity contribution in [2.45, 2.75) is 31.8 Å². The van der Waals surface area contributed by atoms with Crippen molar-refractivity contribution >= 4 is 17.6 Å². The first-order valence-corrected chi connectivity index (χ1v) is 8.29. The summed E-state index contributed by atoms with van der Waals surface area (Å²) in [5, 5.41) is 16.6. The van der Waals surface area contributed by atoms with Gasteiger partial charge in [-0.15, -0.1) is 0 Å². The topological polar surface area (TPSA) is 91.5 Å². The minimum absolute atomic E-state index is 0.0232. The van der Waals surface area contributed by atoms with Crippen LogP contribution in [0.15, 0.2) is 28.8 Å². The molecule has 1 aromatic carbocycles. The molecule has 8 heteroatoms. The Labute approximate surface area is 144 Å². The number of carbonyl (C=O) groups excluding carboxylic acids is 1. The maximum absolute atomic E-state index is 12.3. The average Bonchev–Trinajstić information content (AvgIpc) is 3.08. The van der Waals surface area contributed by atoms with Crippen molar-refractivity contribution in [3.8, 4) is 11.4 Å². The van der Waals surface area contributed by atoms with Gasteiger partial charge in [-0.3, -0.25) is 0 Å². The SMILES string of the molecule is O=C(NCc1nc(-c2ccccc2Cl)no1)N1CCCC[C@@H]1CO. The van der Waals surface area contributed by atoms with Crippen LogP contribution in [0.1, 0.15) is 25.2 Å². The standard InChI is InChI=1S/C16H19ClN4O3/c17-13-7-2-1-6-12(13)15-19-14(24-20-15)9-18-16(23)21-8-4-3-5-11(21)10-22/h1-2,6-7,11,22H,3-5,8-10H2,(H,18,23)/t11-/m1/s1. The molecule has 0 saturated carbocycles. The third-order valence-corrected chi connectivity index (χ3v) is 4.40. The molecule has 1 fully saturated rings. The number of piperidine rings is 1. The van der Waals surface area contributed by atoms with Gasteiger partial charge >= 0.3 is 6.03 Å². The summed E-state index contributed by atoms with van der Waals surface area (Å²) in [6, 6.07) is 6.86. The van der Waals surface area contributed by atoms with E-state index >= 15 is 0 Å². The molecule has 1 aliphatic rings. The second-order valence-electron chi connectivity index (χ2n) is 5.68. The Hall–Kier alpha value is -2.12. The number of halogens is 1. The summed E-state index contributed by atoms with van der Waals surface area (Å²) in [4.78, 5) is 18.2. The molecule has 0 unspecified atom stereocenters. The summed E-state index contributed by atoms with van der Waals surface area (Å²) in [5.74, 6) is 0.687. The molecule has 7 nitrogen and oxygen atoms in total. The molecule has 2 aromatic rings. The van der Waals surface area contributed by atoms with Gasteiger partial charge < -0.3 is 19.8 Å². The number of hydrogen-bond donors (Lipinski definition) is 2. The molecular weight excluding hydrogens is 332 g/mol. The summed E-state index contributed by atoms with van der Waals surface area (Å²) >= 11 is 6.11. The molecule has 128 valence electrons. The number of hydrogen-bond acceptors (Lipinski definition) is 5. The van der Waals surface area contributed by atoms with Crippen LogP contribution < -0.4 is 5.32 Å². The molecule has 3 rings (SSSR count). The highest BCUT2D eigenvalue weighted by atomic mass is 35.5. The lowest BCUT2D eigenvalue weighted by molar-refractivity contribution is 0.107. The van der Waals surface area contributed by atoms with E-state index in [2.05, 4.69) is 15.5 Å². The maximum atomic E-state index is 12.3. The Morgan fingerprint density at radius 3 is 3.04 bits per heavy atom. The summed E-state index contributed by atoms with van der Waals surface area (Å²) in [6.45, 7) is 0.751. The van der Waals surface area contributed by atoms with Gasteiger partial charge in [0.2, 0.25) is 11.7 Å². The van der Waals surface area contributed by atoms with Gasteiger partial charge in [0.25, 0.3) is 0 Å². The van der Waals surface area contributed by atoms with E-state index < -0.39 is 0 Å². The predicted molar refractivity (Wildman–Crippen MR) is 88.4 cm³/mol. The van der Waals surface area contributed by atoms with E-state index in [0.29, 0.717) is 28.8 Å². The predicted octanol–water partition coefficient (Wildman–Crippen LogP) is 2.45. The van der Waals surface area contributed by atoms with Gasteiger partial charge in [0, 0.05) is 12.1 Å². The summed E-state index contributed by atoms with van der Waals surface area (Å²) < 4.78 is 5.16. The number of urea groups is 1. The summed E-state index contributed by atoms with van der Waals surface area (Å²) in [5.41, 5.74) is 0.678. The van der Waals surface area contributed by atoms with E-state index in [1.807, 2.05) is 12.1 Å². The average molecular weight is 351 g/mol. The largest absolute Gasteiger partial charge is 0.394 e. The van der Waals surface area contributed by atoms with E-state index in [1.54, 1.807) is 17.0 Å². The van der Waals surface area contributed by atoms with Crippen LogP contribution in [0.4, 0.5) is 4.79 Å². The zero-order valence-corrected chi connectivity index (χ0v) is 13.9. The van der Waals surface area contributed by atoms with Crippen LogP contribution in [-0.2, 0) is 6.54 Å². The van der Waals surface area contributed by atoms with E-state index in [4.69, 9.17) is 16.1 Å². The van der Waals surface area contributed by atoms with Crippen LogP contribution in [0.25, 0.3) is 11.4 Å². The number of nitrogens with zero attached hydrogens (tertiary/aromatic N) is 3. The second kappa shape index (κ2) is 7.63. The van der Waals surface area contributed by atoms with Crippen molar-refractivity contribution in [2.75, 3.05) is 13.2 Å². The molecule has 24 heavy (non-hydrogen) atoms. The van der Waals surface area contributed by atoms with Crippen LogP contribution in [0.5, 0.6) is 0 Å². The lowest BCUT2D eigenvalue weighted by atomic mass is 10.0. The minimum Gasteiger partial charge on any atom is -0.394 e. The Morgan fingerprint density at radius 1 is 1.42 bits per heavy atom. The summed E-state index contributed by atoms with van der Waals surface area (Å²) in [6.07, 6.45) is 2.79. The van der Waals surface area contributed by atoms with Gasteiger partial charge in [0.05, 0.1) is 24.2 Å². The number of carbonyl (C=O) groups is 1. The fourth-order valence-corrected chi connectivity index (χ4v) is 3.01. The molecule has 1 atom stereocenters. The quantitative estimate of drug-likeness (QED) is 0.883. The molecule has 1 aromatic heterocycles. The van der Waals surface area contributed by atoms with Crippen molar-refractivity contribution in [2.24, 2.45) is 0 Å². The first kappa shape index (κ1) is 16.7. The smallest absolute Gasteiger partial charge is 0.318 e. The van der Waals surface area contributed by atoms with Gasteiger partial charge in [-0.2, -0.15) is 4.98 Å². The number of nitrogens with one attached hydrogen (secondary N) is 1. The zero-order chi connectivity index (χ0) is 16.9. The Balaban J connectivity index is 1.61. The Kier molecular flexibility index (Phi) is 5.32. The molecule has 0 bridgehead atoms. The highest BCUT2D eigenvalue weighted by Crippen LogP contribution is 2.24. The number of aliphatic hydroxyl groups is 1. The number of likely N-dealkylation sites (tertiary alicyclic amines) is 1. The molecule has 0 aliphatic carbocycles. The fourth-order valence-electron chi connectivity index (χ4n) is 2.79. The first-order chi connectivity index (χ1) is 11.7. The van der Waals surface area contributed by atoms with Crippen molar-refractivity contribution < 1.29 is 14.4 Å². The lowest BCUT2D eigenvalue weighted by Crippen LogP contribution is -2.49. The molecule has 2 heterocycles. The van der Waals surface area contributed by atoms with Crippen LogP contribution in [0.3, 0.4) is 0 Å². The van der Waals surface area contributed by atoms with Crippen LogP contribution >= 0.6 is 11.6 Å². The van der Waals surface area contributed by atoms with Crippen molar-refractivity contribution in [1.29, 1.82) is 0 Å². The Bertz CT molecular complexity index is 706. The van der Waals surface area contributed by atoms with Crippen molar-refractivity contribution in [1.82, 2.24) is 20.4 Å². The minimum atomic E-state index is -0.230. The number of aromatic nitrogens is 2. The third-order valence-electron chi connectivity index (χ3n) is 4.07. The number of amides is 2. The number of benzene rings is 1. The van der Waals surface area contributed by atoms with Gasteiger partial charge in [-0.1, -0.05) is 28.9 Å². The highest BCUT2D eigenvalue weighted by Gasteiger charge is 2.26. The van der Waals surface area contributed by atoms with Crippen LogP contribution in [0.2, 0.25) is 5.02 Å². The maximum Gasteiger partial charge on any atom is 0.318 e. The van der Waals surface area contributed by atoms with Gasteiger partial charge in [-0.25, -0.2) is 4.79 Å². The van der Waals surface area contributed by atoms with E-state index in [-0.39, 0.29) is 25.2 Å².